The van der Waals surface area contributed by atoms with Crippen LogP contribution in [0.15, 0.2) is 34.8 Å². The van der Waals surface area contributed by atoms with Gasteiger partial charge in [-0.05, 0) is 19.1 Å². The van der Waals surface area contributed by atoms with Crippen LogP contribution in [0.2, 0.25) is 0 Å². The van der Waals surface area contributed by atoms with E-state index < -0.39 is 0 Å². The third-order valence-electron chi connectivity index (χ3n) is 2.79. The van der Waals surface area contributed by atoms with E-state index in [1.807, 2.05) is 12.3 Å². The maximum atomic E-state index is 13.7. The minimum absolute atomic E-state index is 0.146. The summed E-state index contributed by atoms with van der Waals surface area (Å²) in [4.78, 5) is 20.2. The second kappa shape index (κ2) is 6.88. The van der Waals surface area contributed by atoms with Crippen molar-refractivity contribution >= 4 is 34.1 Å². The van der Waals surface area contributed by atoms with E-state index in [0.29, 0.717) is 21.7 Å². The Kier molecular flexibility index (Phi) is 4.68. The number of aromatic amines is 1. The van der Waals surface area contributed by atoms with Gasteiger partial charge in [-0.3, -0.25) is 9.89 Å². The van der Waals surface area contributed by atoms with Crippen LogP contribution in [0.25, 0.3) is 11.4 Å². The highest BCUT2D eigenvalue weighted by Crippen LogP contribution is 2.22. The lowest BCUT2D eigenvalue weighted by Crippen LogP contribution is -2.13. The lowest BCUT2D eigenvalue weighted by Gasteiger charge is -1.99. The quantitative estimate of drug-likeness (QED) is 0.692. The Balaban J connectivity index is 1.59. The van der Waals surface area contributed by atoms with Gasteiger partial charge in [0.2, 0.25) is 11.1 Å². The van der Waals surface area contributed by atoms with Crippen LogP contribution in [0.3, 0.4) is 0 Å². The second-order valence-corrected chi connectivity index (χ2v) is 6.38. The van der Waals surface area contributed by atoms with Crippen LogP contribution in [0.4, 0.5) is 9.52 Å². The van der Waals surface area contributed by atoms with E-state index in [9.17, 15) is 9.18 Å². The molecule has 0 spiro atoms. The Morgan fingerprint density at radius 1 is 1.39 bits per heavy atom. The summed E-state index contributed by atoms with van der Waals surface area (Å²) >= 11 is 2.54. The molecule has 3 aromatic rings. The molecule has 23 heavy (non-hydrogen) atoms. The van der Waals surface area contributed by atoms with Crippen molar-refractivity contribution in [1.82, 2.24) is 20.2 Å². The summed E-state index contributed by atoms with van der Waals surface area (Å²) < 4.78 is 13.7. The highest BCUT2D eigenvalue weighted by Gasteiger charge is 2.12. The molecule has 6 nitrogen and oxygen atoms in total. The predicted octanol–water partition coefficient (Wildman–Crippen LogP) is 3.11. The molecule has 118 valence electrons. The van der Waals surface area contributed by atoms with Gasteiger partial charge in [0.25, 0.3) is 0 Å². The fourth-order valence-corrected chi connectivity index (χ4v) is 3.08. The van der Waals surface area contributed by atoms with Gasteiger partial charge < -0.3 is 5.32 Å². The van der Waals surface area contributed by atoms with Gasteiger partial charge >= 0.3 is 0 Å². The van der Waals surface area contributed by atoms with Gasteiger partial charge in [-0.1, -0.05) is 23.9 Å². The number of anilines is 1. The van der Waals surface area contributed by atoms with Gasteiger partial charge in [-0.2, -0.15) is 0 Å². The summed E-state index contributed by atoms with van der Waals surface area (Å²) in [6.45, 7) is 1.86. The Morgan fingerprint density at radius 2 is 2.22 bits per heavy atom. The molecule has 0 radical (unpaired) electrons. The van der Waals surface area contributed by atoms with Crippen LogP contribution in [-0.2, 0) is 4.79 Å². The molecule has 0 saturated heterocycles. The first-order chi connectivity index (χ1) is 11.1. The van der Waals surface area contributed by atoms with Crippen LogP contribution < -0.4 is 5.32 Å². The van der Waals surface area contributed by atoms with Crippen LogP contribution in [0.5, 0.6) is 0 Å². The SMILES string of the molecule is Cc1csc(NC(=O)CSc2n[nH]c(-c3ccccc3F)n2)n1. The number of thioether (sulfide) groups is 1. The molecule has 0 atom stereocenters. The standard InChI is InChI=1S/C14H12FN5OS2/c1-8-6-22-13(16-8)17-11(21)7-23-14-18-12(19-20-14)9-4-2-3-5-10(9)15/h2-6H,7H2,1H3,(H,16,17,21)(H,18,19,20). The molecule has 9 heteroatoms. The van der Waals surface area contributed by atoms with E-state index in [1.54, 1.807) is 18.2 Å². The van der Waals surface area contributed by atoms with E-state index in [-0.39, 0.29) is 17.5 Å². The first-order valence-electron chi connectivity index (χ1n) is 6.64. The van der Waals surface area contributed by atoms with Gasteiger partial charge in [0.05, 0.1) is 17.0 Å². The molecule has 1 amide bonds. The van der Waals surface area contributed by atoms with Crippen LogP contribution >= 0.6 is 23.1 Å². The first kappa shape index (κ1) is 15.6. The molecule has 0 fully saturated rings. The van der Waals surface area contributed by atoms with E-state index in [1.165, 1.54) is 17.4 Å². The molecule has 3 rings (SSSR count). The van der Waals surface area contributed by atoms with Crippen LogP contribution in [-0.4, -0.2) is 31.8 Å². The average Bonchev–Trinajstić information content (AvgIpc) is 3.15. The molecular formula is C14H12FN5OS2. The van der Waals surface area contributed by atoms with Crippen molar-refractivity contribution < 1.29 is 9.18 Å². The van der Waals surface area contributed by atoms with Gasteiger partial charge in [0.1, 0.15) is 5.82 Å². The first-order valence-corrected chi connectivity index (χ1v) is 8.50. The second-order valence-electron chi connectivity index (χ2n) is 4.58. The van der Waals surface area contributed by atoms with Crippen LogP contribution in [0, 0.1) is 12.7 Å². The lowest BCUT2D eigenvalue weighted by molar-refractivity contribution is -0.113. The normalized spacial score (nSPS) is 10.7. The third-order valence-corrected chi connectivity index (χ3v) is 4.51. The van der Waals surface area contributed by atoms with Crippen molar-refractivity contribution in [1.29, 1.82) is 0 Å². The Labute approximate surface area is 139 Å². The number of hydrogen-bond acceptors (Lipinski definition) is 6. The van der Waals surface area contributed by atoms with E-state index in [0.717, 1.165) is 17.5 Å². The van der Waals surface area contributed by atoms with Crippen molar-refractivity contribution in [2.45, 2.75) is 12.1 Å². The summed E-state index contributed by atoms with van der Waals surface area (Å²) in [7, 11) is 0. The number of hydrogen-bond donors (Lipinski definition) is 2. The fourth-order valence-electron chi connectivity index (χ4n) is 1.78. The number of rotatable bonds is 5. The summed E-state index contributed by atoms with van der Waals surface area (Å²) in [5.41, 5.74) is 1.20. The van der Waals surface area contributed by atoms with Crippen molar-refractivity contribution in [2.75, 3.05) is 11.1 Å². The van der Waals surface area contributed by atoms with E-state index >= 15 is 0 Å². The molecule has 2 N–H and O–H groups in total. The zero-order valence-corrected chi connectivity index (χ0v) is 13.7. The van der Waals surface area contributed by atoms with Crippen molar-refractivity contribution in [3.8, 4) is 11.4 Å². The zero-order chi connectivity index (χ0) is 16.2. The van der Waals surface area contributed by atoms with Crippen LogP contribution in [0.1, 0.15) is 5.69 Å². The molecule has 1 aromatic carbocycles. The van der Waals surface area contributed by atoms with E-state index in [4.69, 9.17) is 0 Å². The lowest BCUT2D eigenvalue weighted by atomic mass is 10.2. The minimum Gasteiger partial charge on any atom is -0.301 e. The fraction of sp³-hybridized carbons (Fsp3) is 0.143. The number of nitrogens with zero attached hydrogens (tertiary/aromatic N) is 3. The molecule has 0 unspecified atom stereocenters. The number of benzene rings is 1. The molecule has 0 aliphatic heterocycles. The highest BCUT2D eigenvalue weighted by molar-refractivity contribution is 7.99. The summed E-state index contributed by atoms with van der Waals surface area (Å²) in [5, 5.41) is 12.2. The smallest absolute Gasteiger partial charge is 0.236 e. The van der Waals surface area contributed by atoms with Gasteiger partial charge in [0, 0.05) is 5.38 Å². The van der Waals surface area contributed by atoms with Gasteiger partial charge in [-0.25, -0.2) is 14.4 Å². The number of aryl methyl sites for hydroxylation is 1. The number of amides is 1. The van der Waals surface area contributed by atoms with E-state index in [2.05, 4.69) is 25.5 Å². The number of H-pyrrole nitrogens is 1. The number of thiazole rings is 1. The maximum absolute atomic E-state index is 13.7. The van der Waals surface area contributed by atoms with Crippen molar-refractivity contribution in [3.63, 3.8) is 0 Å². The molecule has 0 aliphatic carbocycles. The largest absolute Gasteiger partial charge is 0.301 e. The average molecular weight is 349 g/mol. The number of carbonyl (C=O) groups excluding carboxylic acids is 1. The van der Waals surface area contributed by atoms with Gasteiger partial charge in [-0.15, -0.1) is 16.4 Å². The number of aromatic nitrogens is 4. The highest BCUT2D eigenvalue weighted by atomic mass is 32.2. The van der Waals surface area contributed by atoms with Crippen molar-refractivity contribution in [2.24, 2.45) is 0 Å². The molecule has 2 heterocycles. The third kappa shape index (κ3) is 3.93. The Hall–Kier alpha value is -2.26. The van der Waals surface area contributed by atoms with Gasteiger partial charge in [0.15, 0.2) is 11.0 Å². The number of nitrogens with one attached hydrogen (secondary N) is 2. The molecule has 0 aliphatic rings. The number of carbonyl (C=O) groups is 1. The summed E-state index contributed by atoms with van der Waals surface area (Å²) in [5.74, 6) is -0.0899. The molecule has 0 bridgehead atoms. The zero-order valence-electron chi connectivity index (χ0n) is 12.0. The number of halogens is 1. The molecular weight excluding hydrogens is 337 g/mol. The monoisotopic (exact) mass is 349 g/mol. The minimum atomic E-state index is -0.378. The topological polar surface area (TPSA) is 83.6 Å². The molecule has 0 saturated carbocycles. The summed E-state index contributed by atoms with van der Waals surface area (Å²) in [6.07, 6.45) is 0. The predicted molar refractivity (Wildman–Crippen MR) is 88.0 cm³/mol. The summed E-state index contributed by atoms with van der Waals surface area (Å²) in [6, 6.07) is 6.29. The molecule has 2 aromatic heterocycles. The maximum Gasteiger partial charge on any atom is 0.236 e. The van der Waals surface area contributed by atoms with Crippen molar-refractivity contribution in [3.05, 3.63) is 41.2 Å². The Bertz CT molecular complexity index is 832. The Morgan fingerprint density at radius 3 is 2.96 bits per heavy atom.